The number of anilines is 2. The molecule has 0 atom stereocenters. The summed E-state index contributed by atoms with van der Waals surface area (Å²) < 4.78 is 5.33. The Bertz CT molecular complexity index is 928. The van der Waals surface area contributed by atoms with Crippen LogP contribution in [0.2, 0.25) is 0 Å². The molecule has 0 bridgehead atoms. The molecule has 3 amide bonds. The summed E-state index contributed by atoms with van der Waals surface area (Å²) in [5.74, 6) is -0.0788. The van der Waals surface area contributed by atoms with Crippen LogP contribution in [-0.4, -0.2) is 66.9 Å². The highest BCUT2D eigenvalue weighted by Crippen LogP contribution is 2.28. The first-order valence-electron chi connectivity index (χ1n) is 10.3. The molecule has 1 aliphatic rings. The summed E-state index contributed by atoms with van der Waals surface area (Å²) in [6.07, 6.45) is 1.54. The molecule has 1 aromatic carbocycles. The van der Waals surface area contributed by atoms with Crippen molar-refractivity contribution >= 4 is 29.2 Å². The van der Waals surface area contributed by atoms with Crippen LogP contribution >= 0.6 is 0 Å². The van der Waals surface area contributed by atoms with Crippen molar-refractivity contribution in [2.24, 2.45) is 0 Å². The fourth-order valence-corrected chi connectivity index (χ4v) is 3.21. The third-order valence-corrected chi connectivity index (χ3v) is 5.00. The molecule has 0 aliphatic carbocycles. The van der Waals surface area contributed by atoms with E-state index in [0.29, 0.717) is 29.4 Å². The van der Waals surface area contributed by atoms with Crippen molar-refractivity contribution in [1.82, 2.24) is 15.2 Å². The van der Waals surface area contributed by atoms with E-state index in [9.17, 15) is 14.4 Å². The topological polar surface area (TPSA) is 104 Å². The van der Waals surface area contributed by atoms with Gasteiger partial charge in [0.25, 0.3) is 11.8 Å². The van der Waals surface area contributed by atoms with Crippen molar-refractivity contribution in [2.75, 3.05) is 49.5 Å². The number of likely N-dealkylation sites (N-methyl/N-ethyl adjacent to an activating group) is 1. The van der Waals surface area contributed by atoms with Gasteiger partial charge in [-0.2, -0.15) is 0 Å². The molecular weight excluding hydrogens is 398 g/mol. The predicted molar refractivity (Wildman–Crippen MR) is 117 cm³/mol. The molecule has 0 saturated heterocycles. The molecule has 1 aromatic heterocycles. The number of carbonyl (C=O) groups is 3. The molecule has 9 nitrogen and oxygen atoms in total. The van der Waals surface area contributed by atoms with Crippen LogP contribution in [0.15, 0.2) is 42.6 Å². The summed E-state index contributed by atoms with van der Waals surface area (Å²) in [4.78, 5) is 44.6. The van der Waals surface area contributed by atoms with E-state index in [0.717, 1.165) is 19.6 Å². The van der Waals surface area contributed by atoms with E-state index in [1.54, 1.807) is 36.4 Å². The van der Waals surface area contributed by atoms with E-state index in [1.165, 1.54) is 11.1 Å². The number of nitrogens with one attached hydrogen (secondary N) is 2. The van der Waals surface area contributed by atoms with Gasteiger partial charge in [0, 0.05) is 30.5 Å². The minimum Gasteiger partial charge on any atom is -0.480 e. The van der Waals surface area contributed by atoms with Crippen LogP contribution in [0.1, 0.15) is 24.2 Å². The zero-order chi connectivity index (χ0) is 22.2. The molecule has 31 heavy (non-hydrogen) atoms. The number of carbonyl (C=O) groups excluding carboxylic acids is 3. The summed E-state index contributed by atoms with van der Waals surface area (Å²) in [7, 11) is 0. The average Bonchev–Trinajstić information content (AvgIpc) is 2.79. The van der Waals surface area contributed by atoms with E-state index in [1.807, 2.05) is 0 Å². The maximum Gasteiger partial charge on any atom is 0.266 e. The molecule has 2 heterocycles. The Morgan fingerprint density at radius 2 is 1.90 bits per heavy atom. The Kier molecular flexibility index (Phi) is 7.55. The molecule has 0 spiro atoms. The van der Waals surface area contributed by atoms with Crippen LogP contribution in [0.3, 0.4) is 0 Å². The second-order valence-electron chi connectivity index (χ2n) is 7.00. The second-order valence-corrected chi connectivity index (χ2v) is 7.00. The van der Waals surface area contributed by atoms with Gasteiger partial charge < -0.3 is 20.3 Å². The van der Waals surface area contributed by atoms with Gasteiger partial charge in [0.15, 0.2) is 18.2 Å². The Balaban J connectivity index is 1.53. The Morgan fingerprint density at radius 1 is 1.16 bits per heavy atom. The zero-order valence-electron chi connectivity index (χ0n) is 17.8. The molecule has 0 unspecified atom stereocenters. The van der Waals surface area contributed by atoms with Crippen LogP contribution in [0.4, 0.5) is 11.5 Å². The number of fused-ring (bicyclic) bond motifs is 1. The highest BCUT2D eigenvalue weighted by molar-refractivity contribution is 6.04. The normalized spacial score (nSPS) is 12.9. The quantitative estimate of drug-likeness (QED) is 0.631. The lowest BCUT2D eigenvalue weighted by Gasteiger charge is -2.27. The van der Waals surface area contributed by atoms with Gasteiger partial charge in [-0.1, -0.05) is 13.8 Å². The number of ether oxygens (including phenoxy) is 1. The number of nitrogens with zero attached hydrogens (tertiary/aromatic N) is 3. The minimum absolute atomic E-state index is 0.135. The maximum absolute atomic E-state index is 12.5. The lowest BCUT2D eigenvalue weighted by atomic mass is 10.2. The molecule has 1 aliphatic heterocycles. The van der Waals surface area contributed by atoms with Gasteiger partial charge in [0.2, 0.25) is 5.91 Å². The number of rotatable bonds is 9. The molecule has 0 saturated carbocycles. The first-order chi connectivity index (χ1) is 15.0. The van der Waals surface area contributed by atoms with Crippen LogP contribution in [-0.2, 0) is 9.59 Å². The van der Waals surface area contributed by atoms with Gasteiger partial charge in [-0.15, -0.1) is 0 Å². The van der Waals surface area contributed by atoms with Crippen LogP contribution in [0, 0.1) is 0 Å². The first-order valence-corrected chi connectivity index (χ1v) is 10.3. The SMILES string of the molecule is CCN(CC)CCNC(=O)c1ccc(NC(=O)CN2C(=O)COc3cccnc32)cc1. The molecule has 164 valence electrons. The van der Waals surface area contributed by atoms with Gasteiger partial charge in [-0.05, 0) is 49.5 Å². The zero-order valence-corrected chi connectivity index (χ0v) is 17.8. The van der Waals surface area contributed by atoms with Gasteiger partial charge in [0.05, 0.1) is 0 Å². The lowest BCUT2D eigenvalue weighted by molar-refractivity contribution is -0.123. The Labute approximate surface area is 181 Å². The summed E-state index contributed by atoms with van der Waals surface area (Å²) >= 11 is 0. The fraction of sp³-hybridized carbons (Fsp3) is 0.364. The lowest BCUT2D eigenvalue weighted by Crippen LogP contribution is -2.43. The first kappa shape index (κ1) is 22.2. The second kappa shape index (κ2) is 10.5. The molecule has 2 aromatic rings. The number of aromatic nitrogens is 1. The number of amides is 3. The minimum atomic E-state index is -0.372. The van der Waals surface area contributed by atoms with Crippen molar-refractivity contribution in [3.05, 3.63) is 48.2 Å². The number of hydrogen-bond acceptors (Lipinski definition) is 6. The average molecular weight is 425 g/mol. The largest absolute Gasteiger partial charge is 0.480 e. The van der Waals surface area contributed by atoms with E-state index < -0.39 is 0 Å². The summed E-state index contributed by atoms with van der Waals surface area (Å²) in [5.41, 5.74) is 1.05. The molecule has 0 radical (unpaired) electrons. The molecule has 0 fully saturated rings. The van der Waals surface area contributed by atoms with Crippen molar-refractivity contribution in [3.8, 4) is 5.75 Å². The van der Waals surface area contributed by atoms with Crippen molar-refractivity contribution in [1.29, 1.82) is 0 Å². The number of benzene rings is 1. The molecular formula is C22H27N5O4. The van der Waals surface area contributed by atoms with Gasteiger partial charge in [-0.25, -0.2) is 4.98 Å². The van der Waals surface area contributed by atoms with E-state index in [-0.39, 0.29) is 30.9 Å². The van der Waals surface area contributed by atoms with Crippen LogP contribution in [0.25, 0.3) is 0 Å². The van der Waals surface area contributed by atoms with Crippen molar-refractivity contribution in [2.45, 2.75) is 13.8 Å². The summed E-state index contributed by atoms with van der Waals surface area (Å²) in [6, 6.07) is 10.0. The van der Waals surface area contributed by atoms with E-state index >= 15 is 0 Å². The molecule has 9 heteroatoms. The predicted octanol–water partition coefficient (Wildman–Crippen LogP) is 1.52. The fourth-order valence-electron chi connectivity index (χ4n) is 3.21. The van der Waals surface area contributed by atoms with Crippen molar-refractivity contribution in [3.63, 3.8) is 0 Å². The highest BCUT2D eigenvalue weighted by atomic mass is 16.5. The third-order valence-electron chi connectivity index (χ3n) is 5.00. The van der Waals surface area contributed by atoms with E-state index in [2.05, 4.69) is 34.4 Å². The van der Waals surface area contributed by atoms with E-state index in [4.69, 9.17) is 4.74 Å². The Morgan fingerprint density at radius 3 is 2.61 bits per heavy atom. The summed E-state index contributed by atoms with van der Waals surface area (Å²) in [5, 5.41) is 5.64. The number of hydrogen-bond donors (Lipinski definition) is 2. The molecule has 2 N–H and O–H groups in total. The smallest absolute Gasteiger partial charge is 0.266 e. The van der Waals surface area contributed by atoms with Gasteiger partial charge in [0.1, 0.15) is 6.54 Å². The Hall–Kier alpha value is -3.46. The highest BCUT2D eigenvalue weighted by Gasteiger charge is 2.28. The van der Waals surface area contributed by atoms with Gasteiger partial charge in [-0.3, -0.25) is 19.3 Å². The standard InChI is InChI=1S/C22H27N5O4/c1-3-26(4-2)13-12-24-22(30)16-7-9-17(10-8-16)25-19(28)14-27-20(29)15-31-18-6-5-11-23-21(18)27/h5-11H,3-4,12-15H2,1-2H3,(H,24,30)(H,25,28). The summed E-state index contributed by atoms with van der Waals surface area (Å²) in [6.45, 7) is 7.11. The maximum atomic E-state index is 12.5. The van der Waals surface area contributed by atoms with Crippen molar-refractivity contribution < 1.29 is 19.1 Å². The van der Waals surface area contributed by atoms with Gasteiger partial charge >= 0.3 is 0 Å². The van der Waals surface area contributed by atoms with Crippen LogP contribution in [0.5, 0.6) is 5.75 Å². The monoisotopic (exact) mass is 425 g/mol. The third kappa shape index (κ3) is 5.79. The number of pyridine rings is 1. The molecule has 3 rings (SSSR count). The van der Waals surface area contributed by atoms with Crippen LogP contribution < -0.4 is 20.3 Å².